The van der Waals surface area contributed by atoms with Gasteiger partial charge in [-0.1, -0.05) is 5.10 Å². The Labute approximate surface area is 99.5 Å². The summed E-state index contributed by atoms with van der Waals surface area (Å²) in [6.45, 7) is 2.85. The van der Waals surface area contributed by atoms with Crippen LogP contribution in [0.3, 0.4) is 0 Å². The third-order valence-corrected chi connectivity index (χ3v) is 2.42. The molecule has 6 nitrogen and oxygen atoms in total. The van der Waals surface area contributed by atoms with Gasteiger partial charge in [-0.05, 0) is 6.26 Å². The number of rotatable bonds is 9. The van der Waals surface area contributed by atoms with E-state index >= 15 is 0 Å². The molecular weight excluding hydrogens is 228 g/mol. The van der Waals surface area contributed by atoms with Crippen LogP contribution in [0.2, 0.25) is 0 Å². The molecule has 16 heavy (non-hydrogen) atoms. The minimum absolute atomic E-state index is 0.484. The van der Waals surface area contributed by atoms with Gasteiger partial charge in [0.15, 0.2) is 0 Å². The van der Waals surface area contributed by atoms with Gasteiger partial charge in [0.2, 0.25) is 5.89 Å². The van der Waals surface area contributed by atoms with Gasteiger partial charge in [-0.25, -0.2) is 0 Å². The number of anilines is 1. The second-order valence-corrected chi connectivity index (χ2v) is 4.08. The number of hydrogen-bond acceptors (Lipinski definition) is 7. The highest BCUT2D eigenvalue weighted by atomic mass is 32.2. The summed E-state index contributed by atoms with van der Waals surface area (Å²) in [5.74, 6) is 1.60. The molecule has 0 radical (unpaired) electrons. The van der Waals surface area contributed by atoms with Gasteiger partial charge in [0.25, 0.3) is 0 Å². The third kappa shape index (κ3) is 5.34. The average Bonchev–Trinajstić information content (AvgIpc) is 2.73. The Morgan fingerprint density at radius 2 is 2.25 bits per heavy atom. The first-order valence-corrected chi connectivity index (χ1v) is 6.51. The number of thioether (sulfide) groups is 1. The van der Waals surface area contributed by atoms with E-state index in [0.29, 0.717) is 25.1 Å². The van der Waals surface area contributed by atoms with E-state index in [4.69, 9.17) is 9.15 Å². The van der Waals surface area contributed by atoms with Crippen LogP contribution in [0.25, 0.3) is 0 Å². The van der Waals surface area contributed by atoms with Crippen molar-refractivity contribution in [2.24, 2.45) is 0 Å². The molecule has 0 saturated carbocycles. The van der Waals surface area contributed by atoms with Crippen molar-refractivity contribution in [3.05, 3.63) is 5.89 Å². The number of aromatic nitrogens is 2. The van der Waals surface area contributed by atoms with Crippen molar-refractivity contribution in [1.29, 1.82) is 0 Å². The van der Waals surface area contributed by atoms with Gasteiger partial charge in [0.05, 0.1) is 13.2 Å². The number of hydrogen-bond donors (Lipinski definition) is 2. The number of nitrogens with one attached hydrogen (secondary N) is 2. The summed E-state index contributed by atoms with van der Waals surface area (Å²) >= 11 is 1.77. The summed E-state index contributed by atoms with van der Waals surface area (Å²) in [5.41, 5.74) is 0. The van der Waals surface area contributed by atoms with Gasteiger partial charge in [0.1, 0.15) is 0 Å². The molecule has 0 aliphatic carbocycles. The maximum absolute atomic E-state index is 5.36. The SMILES string of the molecule is COCCNCc1nnc(NCCSC)o1. The molecule has 0 aliphatic heterocycles. The molecule has 0 fully saturated rings. The second-order valence-electron chi connectivity index (χ2n) is 3.09. The van der Waals surface area contributed by atoms with Gasteiger partial charge < -0.3 is 19.8 Å². The summed E-state index contributed by atoms with van der Waals surface area (Å²) in [5, 5.41) is 14.0. The lowest BCUT2D eigenvalue weighted by Crippen LogP contribution is -2.18. The molecular formula is C9H18N4O2S. The van der Waals surface area contributed by atoms with Gasteiger partial charge in [-0.15, -0.1) is 5.10 Å². The minimum Gasteiger partial charge on any atom is -0.407 e. The zero-order chi connectivity index (χ0) is 11.6. The maximum Gasteiger partial charge on any atom is 0.315 e. The van der Waals surface area contributed by atoms with Gasteiger partial charge in [-0.3, -0.25) is 0 Å². The molecule has 0 amide bonds. The minimum atomic E-state index is 0.484. The molecule has 1 heterocycles. The molecule has 0 aromatic carbocycles. The summed E-state index contributed by atoms with van der Waals surface area (Å²) in [6.07, 6.45) is 2.06. The highest BCUT2D eigenvalue weighted by Crippen LogP contribution is 2.04. The van der Waals surface area contributed by atoms with Gasteiger partial charge in [-0.2, -0.15) is 11.8 Å². The number of ether oxygens (including phenoxy) is 1. The van der Waals surface area contributed by atoms with Crippen LogP contribution in [-0.2, 0) is 11.3 Å². The van der Waals surface area contributed by atoms with Gasteiger partial charge >= 0.3 is 6.01 Å². The van der Waals surface area contributed by atoms with Crippen LogP contribution < -0.4 is 10.6 Å². The molecule has 1 rings (SSSR count). The fourth-order valence-electron chi connectivity index (χ4n) is 1.03. The summed E-state index contributed by atoms with van der Waals surface area (Å²) < 4.78 is 10.3. The van der Waals surface area contributed by atoms with Crippen molar-refractivity contribution in [1.82, 2.24) is 15.5 Å². The maximum atomic E-state index is 5.36. The van der Waals surface area contributed by atoms with Crippen LogP contribution in [0.5, 0.6) is 0 Å². The lowest BCUT2D eigenvalue weighted by atomic mass is 10.6. The summed E-state index contributed by atoms with van der Waals surface area (Å²) in [6, 6.07) is 0.484. The Morgan fingerprint density at radius 3 is 3.00 bits per heavy atom. The fraction of sp³-hybridized carbons (Fsp3) is 0.778. The predicted octanol–water partition coefficient (Wildman–Crippen LogP) is 0.580. The highest BCUT2D eigenvalue weighted by Gasteiger charge is 2.03. The molecule has 0 bridgehead atoms. The van der Waals surface area contributed by atoms with E-state index in [-0.39, 0.29) is 0 Å². The first-order chi connectivity index (χ1) is 7.86. The Kier molecular flexibility index (Phi) is 6.95. The molecule has 0 spiro atoms. The van der Waals surface area contributed by atoms with E-state index in [1.807, 2.05) is 0 Å². The standard InChI is InChI=1S/C9H18N4O2S/c1-14-5-3-10-7-8-12-13-9(15-8)11-4-6-16-2/h10H,3-7H2,1-2H3,(H,11,13). The molecule has 0 saturated heterocycles. The largest absolute Gasteiger partial charge is 0.407 e. The van der Waals surface area contributed by atoms with Crippen molar-refractivity contribution in [3.63, 3.8) is 0 Å². The van der Waals surface area contributed by atoms with E-state index in [1.165, 1.54) is 0 Å². The number of methoxy groups -OCH3 is 1. The van der Waals surface area contributed by atoms with E-state index in [2.05, 4.69) is 27.1 Å². The molecule has 7 heteroatoms. The van der Waals surface area contributed by atoms with Gasteiger partial charge in [0, 0.05) is 26.0 Å². The molecule has 0 aliphatic rings. The van der Waals surface area contributed by atoms with E-state index in [9.17, 15) is 0 Å². The van der Waals surface area contributed by atoms with Crippen molar-refractivity contribution >= 4 is 17.8 Å². The normalized spacial score (nSPS) is 10.6. The predicted molar refractivity (Wildman–Crippen MR) is 64.8 cm³/mol. The molecule has 0 unspecified atom stereocenters. The van der Waals surface area contributed by atoms with Crippen LogP contribution in [0.1, 0.15) is 5.89 Å². The van der Waals surface area contributed by atoms with E-state index in [1.54, 1.807) is 18.9 Å². The quantitative estimate of drug-likeness (QED) is 0.617. The van der Waals surface area contributed by atoms with Crippen LogP contribution in [0, 0.1) is 0 Å². The average molecular weight is 246 g/mol. The third-order valence-electron chi connectivity index (χ3n) is 1.81. The van der Waals surface area contributed by atoms with Crippen molar-refractivity contribution in [2.45, 2.75) is 6.54 Å². The van der Waals surface area contributed by atoms with Crippen LogP contribution in [0.15, 0.2) is 4.42 Å². The monoisotopic (exact) mass is 246 g/mol. The molecule has 0 atom stereocenters. The van der Waals surface area contributed by atoms with E-state index in [0.717, 1.165) is 18.8 Å². The molecule has 2 N–H and O–H groups in total. The van der Waals surface area contributed by atoms with Crippen molar-refractivity contribution in [3.8, 4) is 0 Å². The van der Waals surface area contributed by atoms with Crippen LogP contribution >= 0.6 is 11.8 Å². The smallest absolute Gasteiger partial charge is 0.315 e. The van der Waals surface area contributed by atoms with Crippen molar-refractivity contribution in [2.75, 3.05) is 44.1 Å². The summed E-state index contributed by atoms with van der Waals surface area (Å²) in [7, 11) is 1.67. The Bertz CT molecular complexity index is 282. The van der Waals surface area contributed by atoms with Crippen molar-refractivity contribution < 1.29 is 9.15 Å². The van der Waals surface area contributed by atoms with E-state index < -0.39 is 0 Å². The first-order valence-electron chi connectivity index (χ1n) is 5.11. The summed E-state index contributed by atoms with van der Waals surface area (Å²) in [4.78, 5) is 0. The zero-order valence-corrected chi connectivity index (χ0v) is 10.5. The highest BCUT2D eigenvalue weighted by molar-refractivity contribution is 7.98. The fourth-order valence-corrected chi connectivity index (χ4v) is 1.33. The molecule has 1 aromatic heterocycles. The topological polar surface area (TPSA) is 72.2 Å². The Morgan fingerprint density at radius 1 is 1.38 bits per heavy atom. The Balaban J connectivity index is 2.17. The zero-order valence-electron chi connectivity index (χ0n) is 9.65. The first kappa shape index (κ1) is 13.3. The number of nitrogens with zero attached hydrogens (tertiary/aromatic N) is 2. The Hall–Kier alpha value is -0.790. The second kappa shape index (κ2) is 8.37. The lowest BCUT2D eigenvalue weighted by Gasteiger charge is -1.99. The van der Waals surface area contributed by atoms with Crippen LogP contribution in [-0.4, -0.2) is 49.0 Å². The molecule has 1 aromatic rings. The molecule has 92 valence electrons. The lowest BCUT2D eigenvalue weighted by molar-refractivity contribution is 0.198. The van der Waals surface area contributed by atoms with Crippen LogP contribution in [0.4, 0.5) is 6.01 Å².